The van der Waals surface area contributed by atoms with Crippen molar-refractivity contribution in [3.05, 3.63) is 120 Å². The van der Waals surface area contributed by atoms with Gasteiger partial charge < -0.3 is 0 Å². The average Bonchev–Trinajstić information content (AvgIpc) is 3.36. The number of fused-ring (bicyclic) bond motifs is 10. The molecule has 0 bridgehead atoms. The summed E-state index contributed by atoms with van der Waals surface area (Å²) in [7, 11) is -4.02. The molecule has 6 aromatic rings. The molecule has 0 saturated carbocycles. The minimum Gasteiger partial charge on any atom is -0.0616 e. The molecule has 0 fully saturated rings. The Bertz CT molecular complexity index is 1960. The predicted octanol–water partition coefficient (Wildman–Crippen LogP) is 8.40. The third-order valence-corrected chi connectivity index (χ3v) is 17.4. The van der Waals surface area contributed by atoms with E-state index in [0.29, 0.717) is 0 Å². The third-order valence-electron chi connectivity index (χ3n) is 10.1. The van der Waals surface area contributed by atoms with Crippen molar-refractivity contribution in [1.82, 2.24) is 0 Å². The molecule has 0 amide bonds. The van der Waals surface area contributed by atoms with Gasteiger partial charge in [-0.15, -0.1) is 0 Å². The lowest BCUT2D eigenvalue weighted by Crippen LogP contribution is -2.63. The molecule has 2 heteroatoms. The molecular formula is C40H36Si2. The van der Waals surface area contributed by atoms with Crippen LogP contribution in [-0.2, 0) is 0 Å². The monoisotopic (exact) mass is 572 g/mol. The van der Waals surface area contributed by atoms with Gasteiger partial charge in [0.25, 0.3) is 0 Å². The van der Waals surface area contributed by atoms with Crippen molar-refractivity contribution < 1.29 is 0 Å². The zero-order valence-electron chi connectivity index (χ0n) is 25.4. The van der Waals surface area contributed by atoms with E-state index in [1.54, 1.807) is 20.7 Å². The lowest BCUT2D eigenvalue weighted by atomic mass is 9.91. The molecule has 42 heavy (non-hydrogen) atoms. The standard InChI is InChI=1S/C40H36Si2/c1-25-11-9-13-27(21-25)29-17-19-33-35(23-29)41(3,4)39-37(33)31-15-7-8-16-32(31)38-34-20-18-30(28-14-10-12-26(2)22-28)24-36(34)42(5,6)40(38)39/h7-24H,1-6H3. The molecule has 0 aliphatic carbocycles. The van der Waals surface area contributed by atoms with Crippen LogP contribution in [-0.4, -0.2) is 16.1 Å². The molecule has 2 heterocycles. The Kier molecular flexibility index (Phi) is 5.36. The molecule has 8 rings (SSSR count). The van der Waals surface area contributed by atoms with E-state index < -0.39 is 16.1 Å². The Morgan fingerprint density at radius 3 is 1.21 bits per heavy atom. The minimum atomic E-state index is -2.01. The van der Waals surface area contributed by atoms with Crippen molar-refractivity contribution in [2.75, 3.05) is 0 Å². The van der Waals surface area contributed by atoms with Crippen molar-refractivity contribution >= 4 is 47.7 Å². The zero-order chi connectivity index (χ0) is 29.0. The number of benzene rings is 6. The fourth-order valence-corrected chi connectivity index (χ4v) is 16.6. The second-order valence-corrected chi connectivity index (χ2v) is 22.1. The molecule has 0 radical (unpaired) electrons. The fraction of sp³-hybridized carbons (Fsp3) is 0.150. The highest BCUT2D eigenvalue weighted by Gasteiger charge is 2.49. The highest BCUT2D eigenvalue weighted by molar-refractivity contribution is 7.13. The van der Waals surface area contributed by atoms with Crippen LogP contribution in [0.5, 0.6) is 0 Å². The molecule has 0 spiro atoms. The van der Waals surface area contributed by atoms with E-state index in [4.69, 9.17) is 0 Å². The highest BCUT2D eigenvalue weighted by Crippen LogP contribution is 2.43. The van der Waals surface area contributed by atoms with E-state index in [9.17, 15) is 0 Å². The number of hydrogen-bond acceptors (Lipinski definition) is 0. The molecule has 2 aliphatic heterocycles. The van der Waals surface area contributed by atoms with Gasteiger partial charge in [0.15, 0.2) is 0 Å². The van der Waals surface area contributed by atoms with Crippen LogP contribution in [0.15, 0.2) is 109 Å². The molecule has 0 nitrogen and oxygen atoms in total. The maximum Gasteiger partial charge on any atom is 0.113 e. The van der Waals surface area contributed by atoms with Gasteiger partial charge in [0.1, 0.15) is 16.1 Å². The van der Waals surface area contributed by atoms with Crippen LogP contribution in [0.25, 0.3) is 55.3 Å². The molecular weight excluding hydrogens is 537 g/mol. The van der Waals surface area contributed by atoms with E-state index in [0.717, 1.165) is 0 Å². The summed E-state index contributed by atoms with van der Waals surface area (Å²) in [6, 6.07) is 41.9. The molecule has 0 atom stereocenters. The maximum absolute atomic E-state index is 2.61. The highest BCUT2D eigenvalue weighted by atomic mass is 28.3. The fourth-order valence-electron chi connectivity index (χ4n) is 8.08. The smallest absolute Gasteiger partial charge is 0.0616 e. The molecule has 2 aliphatic rings. The number of aryl methyl sites for hydroxylation is 2. The van der Waals surface area contributed by atoms with Gasteiger partial charge in [-0.2, -0.15) is 0 Å². The van der Waals surface area contributed by atoms with Gasteiger partial charge in [-0.25, -0.2) is 0 Å². The average molecular weight is 573 g/mol. The van der Waals surface area contributed by atoms with E-state index in [2.05, 4.69) is 149 Å². The summed E-state index contributed by atoms with van der Waals surface area (Å²) in [6.07, 6.45) is 0. The molecule has 0 aromatic heterocycles. The van der Waals surface area contributed by atoms with Crippen LogP contribution in [0.3, 0.4) is 0 Å². The van der Waals surface area contributed by atoms with Gasteiger partial charge in [-0.1, -0.05) is 147 Å². The van der Waals surface area contributed by atoms with Crippen molar-refractivity contribution in [1.29, 1.82) is 0 Å². The van der Waals surface area contributed by atoms with Gasteiger partial charge in [-0.3, -0.25) is 0 Å². The third kappa shape index (κ3) is 3.46. The van der Waals surface area contributed by atoms with Gasteiger partial charge in [-0.05, 0) is 89.9 Å². The van der Waals surface area contributed by atoms with Crippen LogP contribution < -0.4 is 20.7 Å². The first-order chi connectivity index (χ1) is 20.2. The van der Waals surface area contributed by atoms with Crippen molar-refractivity contribution in [2.45, 2.75) is 40.0 Å². The quantitative estimate of drug-likeness (QED) is 0.183. The Labute approximate surface area is 251 Å². The van der Waals surface area contributed by atoms with E-state index >= 15 is 0 Å². The lowest BCUT2D eigenvalue weighted by molar-refractivity contribution is 1.47. The zero-order valence-corrected chi connectivity index (χ0v) is 27.4. The predicted molar refractivity (Wildman–Crippen MR) is 189 cm³/mol. The van der Waals surface area contributed by atoms with Gasteiger partial charge >= 0.3 is 0 Å². The number of rotatable bonds is 2. The molecule has 0 N–H and O–H groups in total. The van der Waals surface area contributed by atoms with E-state index in [1.165, 1.54) is 66.4 Å². The Morgan fingerprint density at radius 1 is 0.405 bits per heavy atom. The SMILES string of the molecule is Cc1cccc(-c2ccc3c(c2)[Si](C)(C)c2c4c(c5ccccc5c2-3)-c2ccc(-c3cccc(C)c3)cc2[Si]4(C)C)c1. The first kappa shape index (κ1) is 25.7. The largest absolute Gasteiger partial charge is 0.113 e. The summed E-state index contributed by atoms with van der Waals surface area (Å²) in [5.41, 5.74) is 13.9. The Balaban J connectivity index is 1.41. The molecule has 0 unspecified atom stereocenters. The van der Waals surface area contributed by atoms with Gasteiger partial charge in [0, 0.05) is 0 Å². The second-order valence-electron chi connectivity index (χ2n) is 13.6. The Hall–Kier alpha value is -3.99. The summed E-state index contributed by atoms with van der Waals surface area (Å²) in [6.45, 7) is 14.8. The first-order valence-corrected chi connectivity index (χ1v) is 21.2. The van der Waals surface area contributed by atoms with Crippen molar-refractivity contribution in [2.24, 2.45) is 0 Å². The lowest BCUT2D eigenvalue weighted by Gasteiger charge is -2.29. The topological polar surface area (TPSA) is 0 Å². The van der Waals surface area contributed by atoms with Crippen molar-refractivity contribution in [3.8, 4) is 44.5 Å². The summed E-state index contributed by atoms with van der Waals surface area (Å²) in [5, 5.41) is 9.45. The summed E-state index contributed by atoms with van der Waals surface area (Å²) in [5.74, 6) is 0. The summed E-state index contributed by atoms with van der Waals surface area (Å²) >= 11 is 0. The molecule has 0 saturated heterocycles. The van der Waals surface area contributed by atoms with E-state index in [1.807, 2.05) is 0 Å². The molecule has 204 valence electrons. The van der Waals surface area contributed by atoms with Crippen LogP contribution in [0.4, 0.5) is 0 Å². The van der Waals surface area contributed by atoms with Crippen LogP contribution >= 0.6 is 0 Å². The van der Waals surface area contributed by atoms with Crippen molar-refractivity contribution in [3.63, 3.8) is 0 Å². The summed E-state index contributed by atoms with van der Waals surface area (Å²) in [4.78, 5) is 0. The number of hydrogen-bond donors (Lipinski definition) is 0. The second kappa shape index (κ2) is 8.76. The first-order valence-electron chi connectivity index (χ1n) is 15.2. The van der Waals surface area contributed by atoms with Crippen LogP contribution in [0, 0.1) is 13.8 Å². The minimum absolute atomic E-state index is 1.31. The van der Waals surface area contributed by atoms with Gasteiger partial charge in [0.2, 0.25) is 0 Å². The summed E-state index contributed by atoms with van der Waals surface area (Å²) < 4.78 is 0. The molecule has 6 aromatic carbocycles. The Morgan fingerprint density at radius 2 is 0.810 bits per heavy atom. The maximum atomic E-state index is 2.61. The van der Waals surface area contributed by atoms with Crippen LogP contribution in [0.2, 0.25) is 26.2 Å². The normalized spacial score (nSPS) is 15.3. The van der Waals surface area contributed by atoms with Gasteiger partial charge in [0.05, 0.1) is 0 Å². The van der Waals surface area contributed by atoms with Crippen LogP contribution in [0.1, 0.15) is 11.1 Å². The van der Waals surface area contributed by atoms with E-state index in [-0.39, 0.29) is 0 Å².